The predicted octanol–water partition coefficient (Wildman–Crippen LogP) is 3.04. The van der Waals surface area contributed by atoms with Crippen LogP contribution >= 0.6 is 0 Å². The molecule has 3 nitrogen and oxygen atoms in total. The molecule has 0 bridgehead atoms. The molecule has 1 rings (SSSR count). The Hall–Kier alpha value is -0.900. The SMILES string of the molecule is CCCc1ccc(C(N)C(OCC)OCC)cc1. The van der Waals surface area contributed by atoms with Crippen molar-refractivity contribution >= 4 is 0 Å². The zero-order valence-corrected chi connectivity index (χ0v) is 11.7. The van der Waals surface area contributed by atoms with Gasteiger partial charge in [-0.15, -0.1) is 0 Å². The van der Waals surface area contributed by atoms with Gasteiger partial charge in [-0.05, 0) is 31.4 Å². The fourth-order valence-electron chi connectivity index (χ4n) is 1.94. The Morgan fingerprint density at radius 2 is 1.56 bits per heavy atom. The van der Waals surface area contributed by atoms with Gasteiger partial charge in [0.25, 0.3) is 0 Å². The molecule has 0 saturated carbocycles. The highest BCUT2D eigenvalue weighted by Gasteiger charge is 2.19. The molecule has 0 amide bonds. The summed E-state index contributed by atoms with van der Waals surface area (Å²) in [4.78, 5) is 0. The number of nitrogens with two attached hydrogens (primary N) is 1. The fourth-order valence-corrected chi connectivity index (χ4v) is 1.94. The molecule has 0 spiro atoms. The summed E-state index contributed by atoms with van der Waals surface area (Å²) in [5.41, 5.74) is 8.59. The van der Waals surface area contributed by atoms with Gasteiger partial charge in [-0.25, -0.2) is 0 Å². The summed E-state index contributed by atoms with van der Waals surface area (Å²) in [5.74, 6) is 0. The van der Waals surface area contributed by atoms with Gasteiger partial charge in [0.15, 0.2) is 6.29 Å². The van der Waals surface area contributed by atoms with Crippen molar-refractivity contribution in [2.24, 2.45) is 5.73 Å². The van der Waals surface area contributed by atoms with Crippen molar-refractivity contribution in [2.45, 2.75) is 45.9 Å². The maximum atomic E-state index is 6.19. The van der Waals surface area contributed by atoms with Crippen molar-refractivity contribution < 1.29 is 9.47 Å². The van der Waals surface area contributed by atoms with Gasteiger partial charge in [-0.1, -0.05) is 37.6 Å². The second-order valence-electron chi connectivity index (χ2n) is 4.30. The van der Waals surface area contributed by atoms with E-state index in [1.807, 2.05) is 13.8 Å². The third-order valence-corrected chi connectivity index (χ3v) is 2.86. The lowest BCUT2D eigenvalue weighted by Gasteiger charge is -2.24. The minimum atomic E-state index is -0.364. The number of hydrogen-bond acceptors (Lipinski definition) is 3. The third-order valence-electron chi connectivity index (χ3n) is 2.86. The second kappa shape index (κ2) is 8.25. The van der Waals surface area contributed by atoms with Crippen LogP contribution in [0.3, 0.4) is 0 Å². The molecule has 18 heavy (non-hydrogen) atoms. The quantitative estimate of drug-likeness (QED) is 0.722. The van der Waals surface area contributed by atoms with Gasteiger partial charge in [0.05, 0.1) is 6.04 Å². The van der Waals surface area contributed by atoms with Crippen LogP contribution in [-0.2, 0) is 15.9 Å². The Balaban J connectivity index is 2.70. The zero-order valence-electron chi connectivity index (χ0n) is 11.7. The largest absolute Gasteiger partial charge is 0.351 e. The molecule has 3 heteroatoms. The van der Waals surface area contributed by atoms with E-state index in [0.29, 0.717) is 13.2 Å². The summed E-state index contributed by atoms with van der Waals surface area (Å²) in [7, 11) is 0. The average molecular weight is 251 g/mol. The van der Waals surface area contributed by atoms with Crippen molar-refractivity contribution in [1.29, 1.82) is 0 Å². The van der Waals surface area contributed by atoms with Gasteiger partial charge in [-0.2, -0.15) is 0 Å². The monoisotopic (exact) mass is 251 g/mol. The highest BCUT2D eigenvalue weighted by Crippen LogP contribution is 2.19. The van der Waals surface area contributed by atoms with E-state index in [0.717, 1.165) is 18.4 Å². The van der Waals surface area contributed by atoms with Crippen molar-refractivity contribution in [3.05, 3.63) is 35.4 Å². The van der Waals surface area contributed by atoms with Gasteiger partial charge in [-0.3, -0.25) is 0 Å². The summed E-state index contributed by atoms with van der Waals surface area (Å²) in [6.45, 7) is 7.28. The molecule has 0 saturated heterocycles. The van der Waals surface area contributed by atoms with E-state index >= 15 is 0 Å². The molecule has 1 unspecified atom stereocenters. The Labute approximate surface area is 110 Å². The molecule has 1 atom stereocenters. The van der Waals surface area contributed by atoms with Crippen LogP contribution in [0.25, 0.3) is 0 Å². The highest BCUT2D eigenvalue weighted by atomic mass is 16.7. The number of hydrogen-bond donors (Lipinski definition) is 1. The molecule has 0 aromatic heterocycles. The molecular weight excluding hydrogens is 226 g/mol. The number of benzene rings is 1. The lowest BCUT2D eigenvalue weighted by molar-refractivity contribution is -0.149. The van der Waals surface area contributed by atoms with Gasteiger partial charge in [0.2, 0.25) is 0 Å². The van der Waals surface area contributed by atoms with Crippen LogP contribution in [0.5, 0.6) is 0 Å². The Bertz CT molecular complexity index is 318. The maximum absolute atomic E-state index is 6.19. The third kappa shape index (κ3) is 4.41. The second-order valence-corrected chi connectivity index (χ2v) is 4.30. The average Bonchev–Trinajstić information content (AvgIpc) is 2.39. The first kappa shape index (κ1) is 15.2. The first-order valence-electron chi connectivity index (χ1n) is 6.80. The van der Waals surface area contributed by atoms with Crippen molar-refractivity contribution in [1.82, 2.24) is 0 Å². The van der Waals surface area contributed by atoms with Crippen LogP contribution in [0.1, 0.15) is 44.4 Å². The summed E-state index contributed by atoms with van der Waals surface area (Å²) in [6.07, 6.45) is 1.90. The van der Waals surface area contributed by atoms with E-state index in [-0.39, 0.29) is 12.3 Å². The molecule has 1 aromatic rings. The Morgan fingerprint density at radius 1 is 1.00 bits per heavy atom. The molecule has 102 valence electrons. The summed E-state index contributed by atoms with van der Waals surface area (Å²) < 4.78 is 11.1. The van der Waals surface area contributed by atoms with Crippen LogP contribution in [-0.4, -0.2) is 19.5 Å². The first-order valence-corrected chi connectivity index (χ1v) is 6.80. The normalized spacial score (nSPS) is 12.9. The van der Waals surface area contributed by atoms with Gasteiger partial charge >= 0.3 is 0 Å². The minimum Gasteiger partial charge on any atom is -0.351 e. The highest BCUT2D eigenvalue weighted by molar-refractivity contribution is 5.25. The van der Waals surface area contributed by atoms with Gasteiger partial charge in [0.1, 0.15) is 0 Å². The molecule has 0 aliphatic rings. The van der Waals surface area contributed by atoms with E-state index in [4.69, 9.17) is 15.2 Å². The lowest BCUT2D eigenvalue weighted by Crippen LogP contribution is -2.31. The smallest absolute Gasteiger partial charge is 0.176 e. The molecule has 0 fully saturated rings. The topological polar surface area (TPSA) is 44.5 Å². The molecule has 2 N–H and O–H groups in total. The van der Waals surface area contributed by atoms with E-state index in [2.05, 4.69) is 31.2 Å². The number of ether oxygens (including phenoxy) is 2. The van der Waals surface area contributed by atoms with Crippen LogP contribution in [0, 0.1) is 0 Å². The molecule has 0 aliphatic heterocycles. The van der Waals surface area contributed by atoms with Crippen LogP contribution in [0.15, 0.2) is 24.3 Å². The van der Waals surface area contributed by atoms with Gasteiger partial charge in [0, 0.05) is 13.2 Å². The van der Waals surface area contributed by atoms with Crippen LogP contribution in [0.4, 0.5) is 0 Å². The van der Waals surface area contributed by atoms with E-state index in [1.165, 1.54) is 5.56 Å². The number of rotatable bonds is 8. The maximum Gasteiger partial charge on any atom is 0.176 e. The Morgan fingerprint density at radius 3 is 2.00 bits per heavy atom. The molecule has 0 heterocycles. The molecule has 1 aromatic carbocycles. The lowest BCUT2D eigenvalue weighted by atomic mass is 10.0. The minimum absolute atomic E-state index is 0.236. The summed E-state index contributed by atoms with van der Waals surface area (Å²) in [5, 5.41) is 0. The van der Waals surface area contributed by atoms with Crippen molar-refractivity contribution in [3.8, 4) is 0 Å². The zero-order chi connectivity index (χ0) is 13.4. The number of aryl methyl sites for hydroxylation is 1. The first-order chi connectivity index (χ1) is 8.72. The van der Waals surface area contributed by atoms with E-state index in [9.17, 15) is 0 Å². The van der Waals surface area contributed by atoms with Crippen LogP contribution < -0.4 is 5.73 Å². The van der Waals surface area contributed by atoms with Crippen LogP contribution in [0.2, 0.25) is 0 Å². The van der Waals surface area contributed by atoms with Gasteiger partial charge < -0.3 is 15.2 Å². The van der Waals surface area contributed by atoms with Crippen molar-refractivity contribution in [2.75, 3.05) is 13.2 Å². The fraction of sp³-hybridized carbons (Fsp3) is 0.600. The van der Waals surface area contributed by atoms with E-state index < -0.39 is 0 Å². The predicted molar refractivity (Wildman–Crippen MR) is 74.4 cm³/mol. The Kier molecular flexibility index (Phi) is 6.94. The summed E-state index contributed by atoms with van der Waals surface area (Å²) >= 11 is 0. The standard InChI is InChI=1S/C15H25NO2/c1-4-7-12-8-10-13(11-9-12)14(16)15(17-5-2)18-6-3/h8-11,14-15H,4-7,16H2,1-3H3. The van der Waals surface area contributed by atoms with Crippen molar-refractivity contribution in [3.63, 3.8) is 0 Å². The summed E-state index contributed by atoms with van der Waals surface area (Å²) in [6, 6.07) is 8.17. The molecular formula is C15H25NO2. The molecule has 0 radical (unpaired) electrons. The van der Waals surface area contributed by atoms with E-state index in [1.54, 1.807) is 0 Å². The molecule has 0 aliphatic carbocycles.